The number of carbonyl (C=O) groups excluding carboxylic acids is 2. The quantitative estimate of drug-likeness (QED) is 0.0498. The average molecular weight is 1090 g/mol. The molecule has 0 aliphatic carbocycles. The van der Waals surface area contributed by atoms with Crippen LogP contribution in [0.2, 0.25) is 0 Å². The smallest absolute Gasteiger partial charge is 0.305 e. The second kappa shape index (κ2) is 25.2. The third-order valence-electron chi connectivity index (χ3n) is 15.5. The fraction of sp³-hybridized carbons (Fsp3) is 0.250. The van der Waals surface area contributed by atoms with E-state index < -0.39 is 0 Å². The standard InChI is InChI=1S/C72H72N2O4S2/c1-47-17-37-64(49(3)43-47)56-23-31-60(32-24-56)73(58-27-19-54(20-28-58)14-10-9-13-51(5)75)62-35-39-68-66(45-62)52(6)71(79-68)72-53(7)67-46-63(36-40-69(67)80-72)74(61-33-25-57(26-34-61)65-38-18-48(2)44-50(65)4)59-29-21-55(22-30-59)15-11-12-16-70(76)78-42-41-77-8/h17-40,43-46H,9-16,41-42H2,1-8H3. The van der Waals surface area contributed by atoms with Crippen LogP contribution in [0.25, 0.3) is 52.2 Å². The molecule has 8 aromatic carbocycles. The van der Waals surface area contributed by atoms with Crippen LogP contribution in [0, 0.1) is 41.5 Å². The number of ether oxygens (including phenoxy) is 2. The van der Waals surface area contributed by atoms with Crippen molar-refractivity contribution in [3.05, 3.63) is 214 Å². The third-order valence-corrected chi connectivity index (χ3v) is 18.2. The summed E-state index contributed by atoms with van der Waals surface area (Å²) >= 11 is 3.77. The molecule has 10 aromatic rings. The van der Waals surface area contributed by atoms with Crippen LogP contribution in [0.3, 0.4) is 0 Å². The number of hydrogen-bond acceptors (Lipinski definition) is 8. The molecule has 0 unspecified atom stereocenters. The molecule has 6 nitrogen and oxygen atoms in total. The van der Waals surface area contributed by atoms with Crippen molar-refractivity contribution in [1.29, 1.82) is 0 Å². The van der Waals surface area contributed by atoms with Gasteiger partial charge >= 0.3 is 5.97 Å². The molecule has 10 rings (SSSR count). The van der Waals surface area contributed by atoms with E-state index in [1.807, 2.05) is 22.7 Å². The number of carbonyl (C=O) groups is 2. The number of ketones is 1. The van der Waals surface area contributed by atoms with Gasteiger partial charge in [-0.3, -0.25) is 4.79 Å². The zero-order valence-corrected chi connectivity index (χ0v) is 49.2. The SMILES string of the molecule is COCCOC(=O)CCCCc1ccc(N(c2ccc(-c3ccc(C)cc3C)cc2)c2ccc3sc(-c4sc5ccc(N(c6ccc(CCCCC(C)=O)cc6)c6ccc(-c7ccc(C)cc7C)cc6)cc5c4C)c(C)c3c2)cc1. The molecule has 0 amide bonds. The van der Waals surface area contributed by atoms with Crippen LogP contribution in [0.1, 0.15) is 90.0 Å². The molecule has 0 aliphatic rings. The van der Waals surface area contributed by atoms with Crippen LogP contribution in [0.5, 0.6) is 0 Å². The van der Waals surface area contributed by atoms with Gasteiger partial charge < -0.3 is 24.1 Å². The minimum Gasteiger partial charge on any atom is -0.463 e. The van der Waals surface area contributed by atoms with Crippen molar-refractivity contribution in [1.82, 2.24) is 0 Å². The fourth-order valence-electron chi connectivity index (χ4n) is 11.1. The maximum absolute atomic E-state index is 12.2. The van der Waals surface area contributed by atoms with Gasteiger partial charge in [0.15, 0.2) is 0 Å². The lowest BCUT2D eigenvalue weighted by Crippen LogP contribution is -2.10. The number of thiophene rings is 2. The van der Waals surface area contributed by atoms with E-state index in [9.17, 15) is 9.59 Å². The molecule has 2 aromatic heterocycles. The van der Waals surface area contributed by atoms with Gasteiger partial charge in [-0.05, 0) is 238 Å². The zero-order chi connectivity index (χ0) is 55.9. The summed E-state index contributed by atoms with van der Waals surface area (Å²) in [5, 5.41) is 2.52. The normalized spacial score (nSPS) is 11.4. The molecule has 0 radical (unpaired) electrons. The Morgan fingerprint density at radius 2 is 0.838 bits per heavy atom. The molecule has 2 heterocycles. The first kappa shape index (κ1) is 55.7. The summed E-state index contributed by atoms with van der Waals surface area (Å²) in [7, 11) is 1.61. The van der Waals surface area contributed by atoms with Gasteiger partial charge in [-0.25, -0.2) is 0 Å². The number of hydrogen-bond donors (Lipinski definition) is 0. The van der Waals surface area contributed by atoms with Crippen molar-refractivity contribution in [2.24, 2.45) is 0 Å². The van der Waals surface area contributed by atoms with Crippen LogP contribution in [0.15, 0.2) is 170 Å². The van der Waals surface area contributed by atoms with Gasteiger partial charge in [0.2, 0.25) is 0 Å². The minimum absolute atomic E-state index is 0.169. The van der Waals surface area contributed by atoms with Crippen LogP contribution >= 0.6 is 22.7 Å². The zero-order valence-electron chi connectivity index (χ0n) is 47.6. The minimum atomic E-state index is -0.169. The first-order valence-corrected chi connectivity index (χ1v) is 29.8. The molecule has 0 aliphatic heterocycles. The largest absolute Gasteiger partial charge is 0.463 e. The molecule has 0 saturated carbocycles. The molecule has 0 N–H and O–H groups in total. The van der Waals surface area contributed by atoms with E-state index in [0.29, 0.717) is 26.1 Å². The Kier molecular flexibility index (Phi) is 17.6. The summed E-state index contributed by atoms with van der Waals surface area (Å²) in [4.78, 5) is 31.2. The highest BCUT2D eigenvalue weighted by atomic mass is 32.1. The molecule has 0 fully saturated rings. The summed E-state index contributed by atoms with van der Waals surface area (Å²) < 4.78 is 12.8. The van der Waals surface area contributed by atoms with Crippen LogP contribution in [-0.2, 0) is 31.9 Å². The van der Waals surface area contributed by atoms with Crippen molar-refractivity contribution in [2.75, 3.05) is 30.1 Å². The summed E-state index contributed by atoms with van der Waals surface area (Å²) in [6.07, 6.45) is 6.49. The highest BCUT2D eigenvalue weighted by Crippen LogP contribution is 2.49. The highest BCUT2D eigenvalue weighted by Gasteiger charge is 2.22. The molecular weight excluding hydrogens is 1020 g/mol. The summed E-state index contributed by atoms with van der Waals surface area (Å²) in [5.74, 6) is 0.0879. The number of nitrogens with zero attached hydrogens (tertiary/aromatic N) is 2. The summed E-state index contributed by atoms with van der Waals surface area (Å²) in [6, 6.07) is 63.2. The van der Waals surface area contributed by atoms with Gasteiger partial charge in [0.05, 0.1) is 6.61 Å². The van der Waals surface area contributed by atoms with Gasteiger partial charge in [-0.1, -0.05) is 96.1 Å². The maximum Gasteiger partial charge on any atom is 0.305 e. The van der Waals surface area contributed by atoms with E-state index in [-0.39, 0.29) is 11.8 Å². The predicted octanol–water partition coefficient (Wildman–Crippen LogP) is 20.1. The molecule has 406 valence electrons. The number of methoxy groups -OCH3 is 1. The Bertz CT molecular complexity index is 3800. The Morgan fingerprint density at radius 1 is 0.438 bits per heavy atom. The van der Waals surface area contributed by atoms with Gasteiger partial charge in [0.25, 0.3) is 0 Å². The van der Waals surface area contributed by atoms with E-state index in [4.69, 9.17) is 9.47 Å². The molecule has 0 spiro atoms. The van der Waals surface area contributed by atoms with E-state index in [1.54, 1.807) is 14.0 Å². The summed E-state index contributed by atoms with van der Waals surface area (Å²) in [5.41, 5.74) is 21.7. The first-order valence-electron chi connectivity index (χ1n) is 28.2. The number of anilines is 6. The number of benzene rings is 8. The monoisotopic (exact) mass is 1090 g/mol. The average Bonchev–Trinajstić information content (AvgIpc) is 4.04. The maximum atomic E-state index is 12.2. The van der Waals surface area contributed by atoms with Crippen molar-refractivity contribution in [3.8, 4) is 32.0 Å². The number of rotatable bonds is 22. The van der Waals surface area contributed by atoms with Crippen LogP contribution < -0.4 is 9.80 Å². The second-order valence-electron chi connectivity index (χ2n) is 21.5. The molecule has 0 atom stereocenters. The van der Waals surface area contributed by atoms with Gasteiger partial charge in [0, 0.05) is 73.2 Å². The number of unbranched alkanes of at least 4 members (excludes halogenated alkanes) is 2. The lowest BCUT2D eigenvalue weighted by molar-refractivity contribution is -0.145. The van der Waals surface area contributed by atoms with Gasteiger partial charge in [0.1, 0.15) is 12.4 Å². The van der Waals surface area contributed by atoms with Gasteiger partial charge in [-0.2, -0.15) is 0 Å². The van der Waals surface area contributed by atoms with E-state index in [1.165, 1.54) is 96.7 Å². The van der Waals surface area contributed by atoms with E-state index >= 15 is 0 Å². The van der Waals surface area contributed by atoms with Crippen molar-refractivity contribution in [2.45, 2.75) is 99.8 Å². The molecule has 0 bridgehead atoms. The Hall–Kier alpha value is -7.62. The lowest BCUT2D eigenvalue weighted by atomic mass is 9.98. The molecule has 80 heavy (non-hydrogen) atoms. The van der Waals surface area contributed by atoms with Crippen molar-refractivity contribution in [3.63, 3.8) is 0 Å². The molecular formula is C72H72N2O4S2. The highest BCUT2D eigenvalue weighted by molar-refractivity contribution is 7.28. The fourth-order valence-corrected chi connectivity index (χ4v) is 13.7. The van der Waals surface area contributed by atoms with Gasteiger partial charge in [-0.15, -0.1) is 22.7 Å². The first-order chi connectivity index (χ1) is 38.8. The number of Topliss-reactive ketones (excluding diaryl/α,β-unsaturated/α-hetero) is 1. The third kappa shape index (κ3) is 12.7. The van der Waals surface area contributed by atoms with Crippen LogP contribution in [0.4, 0.5) is 34.1 Å². The number of aryl methyl sites for hydroxylation is 8. The Morgan fingerprint density at radius 3 is 1.24 bits per heavy atom. The predicted molar refractivity (Wildman–Crippen MR) is 340 cm³/mol. The van der Waals surface area contributed by atoms with E-state index in [2.05, 4.69) is 221 Å². The Labute approximate surface area is 481 Å². The van der Waals surface area contributed by atoms with Crippen LogP contribution in [-0.4, -0.2) is 32.1 Å². The molecule has 8 heteroatoms. The Balaban J connectivity index is 0.966. The molecule has 0 saturated heterocycles. The topological polar surface area (TPSA) is 59.1 Å². The van der Waals surface area contributed by atoms with Crippen molar-refractivity contribution >= 4 is 88.7 Å². The lowest BCUT2D eigenvalue weighted by Gasteiger charge is -2.26. The van der Waals surface area contributed by atoms with E-state index in [0.717, 1.165) is 72.6 Å². The number of esters is 1. The summed E-state index contributed by atoms with van der Waals surface area (Å²) in [6.45, 7) is 15.7. The van der Waals surface area contributed by atoms with Crippen molar-refractivity contribution < 1.29 is 19.1 Å². The number of fused-ring (bicyclic) bond motifs is 2. The second-order valence-corrected chi connectivity index (χ2v) is 23.6.